The van der Waals surface area contributed by atoms with Crippen LogP contribution in [0.25, 0.3) is 10.9 Å². The molecule has 2 aromatic rings. The number of nitrogens with one attached hydrogen (secondary N) is 1. The van der Waals surface area contributed by atoms with Crippen LogP contribution in [0.3, 0.4) is 0 Å². The van der Waals surface area contributed by atoms with E-state index in [0.717, 1.165) is 0 Å². The fourth-order valence-corrected chi connectivity index (χ4v) is 1.48. The molecule has 0 radical (unpaired) electrons. The van der Waals surface area contributed by atoms with Gasteiger partial charge in [-0.3, -0.25) is 9.59 Å². The van der Waals surface area contributed by atoms with Gasteiger partial charge in [0.25, 0.3) is 5.56 Å². The number of carbonyl (C=O) groups is 1. The lowest BCUT2D eigenvalue weighted by Gasteiger charge is -2.04. The van der Waals surface area contributed by atoms with Crippen LogP contribution in [0.1, 0.15) is 24.5 Å². The van der Waals surface area contributed by atoms with Crippen molar-refractivity contribution in [1.29, 1.82) is 0 Å². The maximum Gasteiger partial charge on any atom is 0.259 e. The molecule has 1 aromatic carbocycles. The predicted molar refractivity (Wildman–Crippen MR) is 61.5 cm³/mol. The van der Waals surface area contributed by atoms with Gasteiger partial charge in [0.2, 0.25) is 5.78 Å². The topological polar surface area (TPSA) is 62.8 Å². The minimum atomic E-state index is -0.269. The zero-order chi connectivity index (χ0) is 11.7. The van der Waals surface area contributed by atoms with Gasteiger partial charge in [0, 0.05) is 5.92 Å². The van der Waals surface area contributed by atoms with Crippen LogP contribution in [0.15, 0.2) is 29.1 Å². The maximum atomic E-state index is 11.7. The van der Waals surface area contributed by atoms with E-state index in [0.29, 0.717) is 10.9 Å². The predicted octanol–water partition coefficient (Wildman–Crippen LogP) is 1.76. The van der Waals surface area contributed by atoms with Crippen LogP contribution in [0, 0.1) is 5.92 Å². The van der Waals surface area contributed by atoms with Crippen molar-refractivity contribution in [1.82, 2.24) is 9.97 Å². The van der Waals surface area contributed by atoms with Crippen LogP contribution >= 0.6 is 0 Å². The molecule has 1 heterocycles. The monoisotopic (exact) mass is 216 g/mol. The van der Waals surface area contributed by atoms with Crippen molar-refractivity contribution in [2.75, 3.05) is 0 Å². The number of benzene rings is 1. The normalized spacial score (nSPS) is 10.9. The Kier molecular flexibility index (Phi) is 2.56. The van der Waals surface area contributed by atoms with Crippen molar-refractivity contribution in [3.63, 3.8) is 0 Å². The molecule has 0 aliphatic heterocycles. The Morgan fingerprint density at radius 2 is 2.00 bits per heavy atom. The third-order valence-corrected chi connectivity index (χ3v) is 2.37. The molecule has 0 bridgehead atoms. The summed E-state index contributed by atoms with van der Waals surface area (Å²) >= 11 is 0. The van der Waals surface area contributed by atoms with Gasteiger partial charge in [0.15, 0.2) is 5.82 Å². The van der Waals surface area contributed by atoms with E-state index in [1.54, 1.807) is 38.1 Å². The average Bonchev–Trinajstić information content (AvgIpc) is 2.28. The number of aromatic amines is 1. The van der Waals surface area contributed by atoms with Crippen molar-refractivity contribution in [3.05, 3.63) is 40.4 Å². The first kappa shape index (κ1) is 10.5. The Balaban J connectivity index is 2.67. The van der Waals surface area contributed by atoms with E-state index >= 15 is 0 Å². The Morgan fingerprint density at radius 3 is 2.69 bits per heavy atom. The number of H-pyrrole nitrogens is 1. The number of fused-ring (bicyclic) bond motifs is 1. The van der Waals surface area contributed by atoms with Crippen molar-refractivity contribution < 1.29 is 4.79 Å². The maximum absolute atomic E-state index is 11.7. The summed E-state index contributed by atoms with van der Waals surface area (Å²) in [6.07, 6.45) is 0. The van der Waals surface area contributed by atoms with Crippen molar-refractivity contribution in [2.45, 2.75) is 13.8 Å². The molecule has 0 spiro atoms. The molecule has 0 unspecified atom stereocenters. The summed E-state index contributed by atoms with van der Waals surface area (Å²) in [6, 6.07) is 6.97. The van der Waals surface area contributed by atoms with Gasteiger partial charge in [-0.25, -0.2) is 4.98 Å². The van der Waals surface area contributed by atoms with Crippen LogP contribution in [0.2, 0.25) is 0 Å². The van der Waals surface area contributed by atoms with Gasteiger partial charge in [-0.1, -0.05) is 26.0 Å². The van der Waals surface area contributed by atoms with E-state index in [4.69, 9.17) is 0 Å². The summed E-state index contributed by atoms with van der Waals surface area (Å²) in [5.41, 5.74) is 0.282. The summed E-state index contributed by atoms with van der Waals surface area (Å²) in [6.45, 7) is 3.55. The molecule has 82 valence electrons. The number of carbonyl (C=O) groups excluding carboxylic acids is 1. The van der Waals surface area contributed by atoms with E-state index in [9.17, 15) is 9.59 Å². The lowest BCUT2D eigenvalue weighted by molar-refractivity contribution is 0.0929. The Bertz CT molecular complexity index is 599. The van der Waals surface area contributed by atoms with Crippen molar-refractivity contribution in [3.8, 4) is 0 Å². The van der Waals surface area contributed by atoms with Crippen LogP contribution in [0.4, 0.5) is 0 Å². The molecule has 4 heteroatoms. The Morgan fingerprint density at radius 1 is 1.31 bits per heavy atom. The second-order valence-electron chi connectivity index (χ2n) is 3.95. The Hall–Kier alpha value is -1.97. The molecule has 2 rings (SSSR count). The molecule has 0 aliphatic rings. The molecule has 4 nitrogen and oxygen atoms in total. The van der Waals surface area contributed by atoms with Crippen molar-refractivity contribution in [2.24, 2.45) is 5.92 Å². The summed E-state index contributed by atoms with van der Waals surface area (Å²) in [5, 5.41) is 0.503. The molecule has 0 atom stereocenters. The molecule has 1 aromatic heterocycles. The van der Waals surface area contributed by atoms with Gasteiger partial charge in [-0.05, 0) is 12.1 Å². The van der Waals surface area contributed by atoms with Gasteiger partial charge in [-0.2, -0.15) is 0 Å². The minimum Gasteiger partial charge on any atom is -0.303 e. The first-order valence-electron chi connectivity index (χ1n) is 5.13. The molecular weight excluding hydrogens is 204 g/mol. The summed E-state index contributed by atoms with van der Waals surface area (Å²) in [7, 11) is 0. The average molecular weight is 216 g/mol. The molecule has 0 saturated carbocycles. The number of ketones is 1. The van der Waals surface area contributed by atoms with E-state index in [2.05, 4.69) is 9.97 Å². The largest absolute Gasteiger partial charge is 0.303 e. The van der Waals surface area contributed by atoms with E-state index < -0.39 is 0 Å². The first-order valence-corrected chi connectivity index (χ1v) is 5.13. The Labute approximate surface area is 92.3 Å². The third kappa shape index (κ3) is 1.74. The SMILES string of the molecule is CC(C)C(=O)c1nc2ccccc2c(=O)[nH]1. The summed E-state index contributed by atoms with van der Waals surface area (Å²) in [4.78, 5) is 30.1. The fourth-order valence-electron chi connectivity index (χ4n) is 1.48. The first-order chi connectivity index (χ1) is 7.59. The highest BCUT2D eigenvalue weighted by Gasteiger charge is 2.14. The highest BCUT2D eigenvalue weighted by atomic mass is 16.1. The highest BCUT2D eigenvalue weighted by molar-refractivity contribution is 5.95. The molecule has 1 N–H and O–H groups in total. The fraction of sp³-hybridized carbons (Fsp3) is 0.250. The zero-order valence-electron chi connectivity index (χ0n) is 9.15. The molecule has 0 fully saturated rings. The van der Waals surface area contributed by atoms with Crippen LogP contribution in [0.5, 0.6) is 0 Å². The number of para-hydroxylation sites is 1. The zero-order valence-corrected chi connectivity index (χ0v) is 9.15. The summed E-state index contributed by atoms with van der Waals surface area (Å²) in [5.74, 6) is -0.189. The quantitative estimate of drug-likeness (QED) is 0.778. The van der Waals surface area contributed by atoms with E-state index in [1.165, 1.54) is 0 Å². The van der Waals surface area contributed by atoms with Crippen LogP contribution in [-0.2, 0) is 0 Å². The summed E-state index contributed by atoms with van der Waals surface area (Å²) < 4.78 is 0. The molecule has 0 saturated heterocycles. The van der Waals surface area contributed by atoms with Gasteiger partial charge in [0.1, 0.15) is 0 Å². The number of hydrogen-bond acceptors (Lipinski definition) is 3. The highest BCUT2D eigenvalue weighted by Crippen LogP contribution is 2.08. The number of Topliss-reactive ketones (excluding diaryl/α,β-unsaturated/α-hetero) is 1. The van der Waals surface area contributed by atoms with E-state index in [1.807, 2.05) is 0 Å². The van der Waals surface area contributed by atoms with Gasteiger partial charge >= 0.3 is 0 Å². The lowest BCUT2D eigenvalue weighted by Crippen LogP contribution is -2.18. The van der Waals surface area contributed by atoms with Gasteiger partial charge in [0.05, 0.1) is 10.9 Å². The second kappa shape index (κ2) is 3.89. The molecule has 0 aliphatic carbocycles. The minimum absolute atomic E-state index is 0.138. The third-order valence-electron chi connectivity index (χ3n) is 2.37. The molecule has 0 amide bonds. The van der Waals surface area contributed by atoms with Crippen molar-refractivity contribution >= 4 is 16.7 Å². The van der Waals surface area contributed by atoms with Gasteiger partial charge < -0.3 is 4.98 Å². The number of rotatable bonds is 2. The van der Waals surface area contributed by atoms with E-state index in [-0.39, 0.29) is 23.1 Å². The standard InChI is InChI=1S/C12H12N2O2/c1-7(2)10(15)11-13-9-6-4-3-5-8(9)12(16)14-11/h3-7H,1-2H3,(H,13,14,16). The molecule has 16 heavy (non-hydrogen) atoms. The second-order valence-corrected chi connectivity index (χ2v) is 3.95. The van der Waals surface area contributed by atoms with Gasteiger partial charge in [-0.15, -0.1) is 0 Å². The van der Waals surface area contributed by atoms with Crippen LogP contribution in [-0.4, -0.2) is 15.8 Å². The van der Waals surface area contributed by atoms with Crippen LogP contribution < -0.4 is 5.56 Å². The number of aromatic nitrogens is 2. The smallest absolute Gasteiger partial charge is 0.259 e. The number of nitrogens with zero attached hydrogens (tertiary/aromatic N) is 1. The number of hydrogen-bond donors (Lipinski definition) is 1. The lowest BCUT2D eigenvalue weighted by atomic mass is 10.1. The molecular formula is C12H12N2O2.